The van der Waals surface area contributed by atoms with Gasteiger partial charge in [-0.05, 0) is 35.4 Å². The maximum absolute atomic E-state index is 9.47. The molecule has 0 spiro atoms. The van der Waals surface area contributed by atoms with Crippen molar-refractivity contribution >= 4 is 11.6 Å². The number of aliphatic hydroxyl groups excluding tert-OH is 1. The Morgan fingerprint density at radius 3 is 2.00 bits per heavy atom. The van der Waals surface area contributed by atoms with Crippen molar-refractivity contribution in [2.75, 3.05) is 25.7 Å². The Morgan fingerprint density at radius 1 is 1.04 bits per heavy atom. The molecule has 0 saturated carbocycles. The van der Waals surface area contributed by atoms with Crippen LogP contribution in [-0.4, -0.2) is 43.0 Å². The fraction of sp³-hybridized carbons (Fsp3) is 0.429. The molecule has 0 bridgehead atoms. The standard InChI is InChI=1S/C21H25ClO4/c1-21(2,15-3-7-18(8-4-15)24-12-17(23)11-22)16-5-9-19(10-6-16)25-13-20-14-26-20/h3-10,17,20,23H,11-14H2,1-2H3/t17-,20-/m0/s1. The summed E-state index contributed by atoms with van der Waals surface area (Å²) in [6.07, 6.45) is -0.391. The van der Waals surface area contributed by atoms with Crippen molar-refractivity contribution in [1.29, 1.82) is 0 Å². The number of aliphatic hydroxyl groups is 1. The summed E-state index contributed by atoms with van der Waals surface area (Å²) in [6.45, 7) is 5.99. The number of hydrogen-bond donors (Lipinski definition) is 1. The number of rotatable bonds is 9. The minimum absolute atomic E-state index is 0.147. The van der Waals surface area contributed by atoms with Gasteiger partial charge < -0.3 is 19.3 Å². The first-order chi connectivity index (χ1) is 12.5. The molecule has 140 valence electrons. The summed E-state index contributed by atoms with van der Waals surface area (Å²) in [5.41, 5.74) is 2.24. The molecular weight excluding hydrogens is 352 g/mol. The highest BCUT2D eigenvalue weighted by Gasteiger charge is 2.24. The molecule has 2 aromatic carbocycles. The molecule has 26 heavy (non-hydrogen) atoms. The average Bonchev–Trinajstić information content (AvgIpc) is 3.49. The SMILES string of the molecule is CC(C)(c1ccc(OC[C@@H](O)CCl)cc1)c1ccc(OC[C@H]2CO2)cc1. The van der Waals surface area contributed by atoms with Gasteiger partial charge in [0.1, 0.15) is 36.9 Å². The molecule has 0 aliphatic carbocycles. The summed E-state index contributed by atoms with van der Waals surface area (Å²) in [4.78, 5) is 0. The highest BCUT2D eigenvalue weighted by Crippen LogP contribution is 2.33. The minimum atomic E-state index is -0.653. The van der Waals surface area contributed by atoms with Crippen LogP contribution in [0.25, 0.3) is 0 Å². The maximum Gasteiger partial charge on any atom is 0.119 e. The zero-order chi connectivity index (χ0) is 18.6. The van der Waals surface area contributed by atoms with Gasteiger partial charge in [0.15, 0.2) is 0 Å². The summed E-state index contributed by atoms with van der Waals surface area (Å²) in [5, 5.41) is 9.47. The summed E-state index contributed by atoms with van der Waals surface area (Å²) < 4.78 is 16.4. The van der Waals surface area contributed by atoms with E-state index in [1.54, 1.807) is 0 Å². The van der Waals surface area contributed by atoms with Crippen molar-refractivity contribution in [3.63, 3.8) is 0 Å². The third-order valence-electron chi connectivity index (χ3n) is 4.61. The Balaban J connectivity index is 1.64. The normalized spacial score (nSPS) is 17.6. The fourth-order valence-corrected chi connectivity index (χ4v) is 2.78. The predicted octanol–water partition coefficient (Wildman–Crippen LogP) is 3.77. The molecule has 1 aliphatic rings. The molecular formula is C21H25ClO4. The lowest BCUT2D eigenvalue weighted by atomic mass is 9.78. The largest absolute Gasteiger partial charge is 0.491 e. The Bertz CT molecular complexity index is 693. The lowest BCUT2D eigenvalue weighted by Crippen LogP contribution is -2.20. The van der Waals surface area contributed by atoms with Crippen LogP contribution in [0, 0.1) is 0 Å². The number of alkyl halides is 1. The molecule has 1 N–H and O–H groups in total. The topological polar surface area (TPSA) is 51.2 Å². The van der Waals surface area contributed by atoms with E-state index in [-0.39, 0.29) is 24.0 Å². The van der Waals surface area contributed by atoms with E-state index in [0.29, 0.717) is 6.61 Å². The highest BCUT2D eigenvalue weighted by atomic mass is 35.5. The van der Waals surface area contributed by atoms with Crippen LogP contribution < -0.4 is 9.47 Å². The van der Waals surface area contributed by atoms with Crippen LogP contribution in [0.5, 0.6) is 11.5 Å². The molecule has 2 aromatic rings. The van der Waals surface area contributed by atoms with Crippen LogP contribution in [0.4, 0.5) is 0 Å². The molecule has 0 amide bonds. The second-order valence-electron chi connectivity index (χ2n) is 7.06. The van der Waals surface area contributed by atoms with Gasteiger partial charge in [-0.15, -0.1) is 11.6 Å². The van der Waals surface area contributed by atoms with E-state index in [1.165, 1.54) is 11.1 Å². The maximum atomic E-state index is 9.47. The first kappa shape index (κ1) is 19.0. The van der Waals surface area contributed by atoms with E-state index >= 15 is 0 Å². The van der Waals surface area contributed by atoms with Gasteiger partial charge in [0.2, 0.25) is 0 Å². The number of ether oxygens (including phenoxy) is 3. The van der Waals surface area contributed by atoms with E-state index in [2.05, 4.69) is 38.1 Å². The van der Waals surface area contributed by atoms with E-state index < -0.39 is 6.10 Å². The van der Waals surface area contributed by atoms with Gasteiger partial charge in [0.25, 0.3) is 0 Å². The van der Waals surface area contributed by atoms with Gasteiger partial charge in [-0.3, -0.25) is 0 Å². The molecule has 1 saturated heterocycles. The fourth-order valence-electron chi connectivity index (χ4n) is 2.69. The second-order valence-corrected chi connectivity index (χ2v) is 7.37. The lowest BCUT2D eigenvalue weighted by Gasteiger charge is -2.26. The number of hydrogen-bond acceptors (Lipinski definition) is 4. The molecule has 1 aliphatic heterocycles. The van der Waals surface area contributed by atoms with E-state index in [4.69, 9.17) is 25.8 Å². The number of epoxide rings is 1. The van der Waals surface area contributed by atoms with Crippen LogP contribution in [0.3, 0.4) is 0 Å². The molecule has 4 nitrogen and oxygen atoms in total. The van der Waals surface area contributed by atoms with Crippen molar-refractivity contribution in [3.05, 3.63) is 59.7 Å². The first-order valence-corrected chi connectivity index (χ1v) is 9.35. The Hall–Kier alpha value is -1.75. The molecule has 1 heterocycles. The quantitative estimate of drug-likeness (QED) is 0.534. The molecule has 0 aromatic heterocycles. The number of halogens is 1. The van der Waals surface area contributed by atoms with E-state index in [1.807, 2.05) is 24.3 Å². The Labute approximate surface area is 159 Å². The molecule has 1 fully saturated rings. The van der Waals surface area contributed by atoms with Crippen molar-refractivity contribution in [1.82, 2.24) is 0 Å². The summed E-state index contributed by atoms with van der Waals surface area (Å²) in [5.74, 6) is 1.75. The molecule has 5 heteroatoms. The zero-order valence-corrected chi connectivity index (χ0v) is 15.9. The first-order valence-electron chi connectivity index (χ1n) is 8.81. The van der Waals surface area contributed by atoms with Gasteiger partial charge >= 0.3 is 0 Å². The molecule has 3 rings (SSSR count). The zero-order valence-electron chi connectivity index (χ0n) is 15.2. The van der Waals surface area contributed by atoms with Gasteiger partial charge in [-0.1, -0.05) is 38.1 Å². The average molecular weight is 377 g/mol. The Kier molecular flexibility index (Phi) is 6.07. The monoisotopic (exact) mass is 376 g/mol. The molecule has 2 atom stereocenters. The van der Waals surface area contributed by atoms with Crippen LogP contribution in [0.15, 0.2) is 48.5 Å². The van der Waals surface area contributed by atoms with Crippen molar-refractivity contribution in [2.45, 2.75) is 31.5 Å². The van der Waals surface area contributed by atoms with Gasteiger partial charge in [0, 0.05) is 5.41 Å². The minimum Gasteiger partial charge on any atom is -0.491 e. The summed E-state index contributed by atoms with van der Waals surface area (Å²) >= 11 is 5.58. The number of benzene rings is 2. The summed E-state index contributed by atoms with van der Waals surface area (Å²) in [7, 11) is 0. The van der Waals surface area contributed by atoms with Gasteiger partial charge in [-0.25, -0.2) is 0 Å². The van der Waals surface area contributed by atoms with Crippen molar-refractivity contribution < 1.29 is 19.3 Å². The highest BCUT2D eigenvalue weighted by molar-refractivity contribution is 6.18. The van der Waals surface area contributed by atoms with Gasteiger partial charge in [0.05, 0.1) is 12.5 Å². The lowest BCUT2D eigenvalue weighted by molar-refractivity contribution is 0.125. The van der Waals surface area contributed by atoms with Crippen molar-refractivity contribution in [2.24, 2.45) is 0 Å². The predicted molar refractivity (Wildman–Crippen MR) is 102 cm³/mol. The third-order valence-corrected chi connectivity index (χ3v) is 4.97. The van der Waals surface area contributed by atoms with E-state index in [9.17, 15) is 5.11 Å². The second kappa shape index (κ2) is 8.30. The van der Waals surface area contributed by atoms with Crippen LogP contribution in [0.2, 0.25) is 0 Å². The van der Waals surface area contributed by atoms with Crippen LogP contribution >= 0.6 is 11.6 Å². The van der Waals surface area contributed by atoms with Crippen molar-refractivity contribution in [3.8, 4) is 11.5 Å². The van der Waals surface area contributed by atoms with Crippen LogP contribution in [0.1, 0.15) is 25.0 Å². The van der Waals surface area contributed by atoms with Gasteiger partial charge in [-0.2, -0.15) is 0 Å². The third kappa shape index (κ3) is 4.91. The van der Waals surface area contributed by atoms with E-state index in [0.717, 1.165) is 18.1 Å². The van der Waals surface area contributed by atoms with Crippen LogP contribution in [-0.2, 0) is 10.2 Å². The molecule has 0 radical (unpaired) electrons. The smallest absolute Gasteiger partial charge is 0.119 e. The molecule has 0 unspecified atom stereocenters. The Morgan fingerprint density at radius 2 is 1.54 bits per heavy atom. The summed E-state index contributed by atoms with van der Waals surface area (Å²) in [6, 6.07) is 16.2.